The molecular formula is C23H30N4O2. The molecule has 1 fully saturated rings. The van der Waals surface area contributed by atoms with Crippen molar-refractivity contribution < 1.29 is 9.59 Å². The molecule has 154 valence electrons. The number of aromatic nitrogens is 2. The molecule has 1 aliphatic heterocycles. The Morgan fingerprint density at radius 3 is 2.45 bits per heavy atom. The molecule has 2 aromatic rings. The Morgan fingerprint density at radius 2 is 1.76 bits per heavy atom. The van der Waals surface area contributed by atoms with Crippen LogP contribution in [-0.2, 0) is 13.0 Å². The van der Waals surface area contributed by atoms with Gasteiger partial charge in [0.1, 0.15) is 5.69 Å². The van der Waals surface area contributed by atoms with Crippen LogP contribution >= 0.6 is 0 Å². The topological polar surface area (TPSA) is 76.0 Å². The highest BCUT2D eigenvalue weighted by Gasteiger charge is 2.29. The first-order chi connectivity index (χ1) is 14.0. The third-order valence-electron chi connectivity index (χ3n) is 6.06. The van der Waals surface area contributed by atoms with Crippen molar-refractivity contribution in [1.29, 1.82) is 0 Å². The number of rotatable bonds is 5. The number of imidazole rings is 1. The molecule has 29 heavy (non-hydrogen) atoms. The summed E-state index contributed by atoms with van der Waals surface area (Å²) in [5.41, 5.74) is 3.29. The highest BCUT2D eigenvalue weighted by Crippen LogP contribution is 2.24. The maximum atomic E-state index is 13.0. The zero-order chi connectivity index (χ0) is 20.4. The van der Waals surface area contributed by atoms with Crippen LogP contribution in [0, 0.1) is 0 Å². The second-order valence-corrected chi connectivity index (χ2v) is 8.53. The number of fused-ring (bicyclic) bond motifs is 1. The lowest BCUT2D eigenvalue weighted by Gasteiger charge is -2.17. The maximum absolute atomic E-state index is 13.0. The van der Waals surface area contributed by atoms with Crippen molar-refractivity contribution >= 4 is 17.5 Å². The van der Waals surface area contributed by atoms with E-state index < -0.39 is 0 Å². The summed E-state index contributed by atoms with van der Waals surface area (Å²) in [5.74, 6) is 0.387. The van der Waals surface area contributed by atoms with Gasteiger partial charge in [0.2, 0.25) is 0 Å². The molecule has 0 saturated heterocycles. The summed E-state index contributed by atoms with van der Waals surface area (Å²) in [7, 11) is 0. The largest absolute Gasteiger partial charge is 0.348 e. The SMILES string of the molecule is CC(C)c1ccc(NC(=O)c2nc(C(=O)NC3CCCC3)c3n2CCCC3)cc1. The van der Waals surface area contributed by atoms with Gasteiger partial charge in [0.15, 0.2) is 5.82 Å². The first-order valence-electron chi connectivity index (χ1n) is 10.8. The van der Waals surface area contributed by atoms with Crippen molar-refractivity contribution in [3.8, 4) is 0 Å². The van der Waals surface area contributed by atoms with Crippen LogP contribution in [0.1, 0.15) is 90.7 Å². The Kier molecular flexibility index (Phi) is 5.69. The minimum Gasteiger partial charge on any atom is -0.348 e. The average molecular weight is 395 g/mol. The molecule has 0 radical (unpaired) electrons. The third-order valence-corrected chi connectivity index (χ3v) is 6.06. The van der Waals surface area contributed by atoms with E-state index in [9.17, 15) is 9.59 Å². The minimum absolute atomic E-state index is 0.136. The molecule has 1 aliphatic carbocycles. The monoisotopic (exact) mass is 394 g/mol. The molecule has 0 unspecified atom stereocenters. The number of amides is 2. The lowest BCUT2D eigenvalue weighted by molar-refractivity contribution is 0.0931. The van der Waals surface area contributed by atoms with Crippen molar-refractivity contribution in [2.45, 2.75) is 77.3 Å². The van der Waals surface area contributed by atoms with Crippen LogP contribution in [0.5, 0.6) is 0 Å². The van der Waals surface area contributed by atoms with E-state index in [4.69, 9.17) is 0 Å². The van der Waals surface area contributed by atoms with Gasteiger partial charge in [0.05, 0.1) is 5.69 Å². The van der Waals surface area contributed by atoms with Gasteiger partial charge in [-0.15, -0.1) is 0 Å². The van der Waals surface area contributed by atoms with Gasteiger partial charge in [-0.1, -0.05) is 38.8 Å². The maximum Gasteiger partial charge on any atom is 0.291 e. The molecule has 4 rings (SSSR count). The quantitative estimate of drug-likeness (QED) is 0.795. The van der Waals surface area contributed by atoms with Gasteiger partial charge >= 0.3 is 0 Å². The van der Waals surface area contributed by atoms with Crippen molar-refractivity contribution in [1.82, 2.24) is 14.9 Å². The second-order valence-electron chi connectivity index (χ2n) is 8.53. The number of hydrogen-bond donors (Lipinski definition) is 2. The Balaban J connectivity index is 1.55. The molecule has 0 spiro atoms. The van der Waals surface area contributed by atoms with Crippen LogP contribution in [0.25, 0.3) is 0 Å². The van der Waals surface area contributed by atoms with Crippen LogP contribution in [0.3, 0.4) is 0 Å². The average Bonchev–Trinajstić information content (AvgIpc) is 3.36. The minimum atomic E-state index is -0.259. The van der Waals surface area contributed by atoms with E-state index in [0.29, 0.717) is 17.4 Å². The van der Waals surface area contributed by atoms with Gasteiger partial charge in [-0.25, -0.2) is 4.98 Å². The first-order valence-corrected chi connectivity index (χ1v) is 10.8. The summed E-state index contributed by atoms with van der Waals surface area (Å²) in [6.45, 7) is 5.01. The van der Waals surface area contributed by atoms with Gasteiger partial charge < -0.3 is 15.2 Å². The Morgan fingerprint density at radius 1 is 1.03 bits per heavy atom. The van der Waals surface area contributed by atoms with Gasteiger partial charge in [-0.2, -0.15) is 0 Å². The fourth-order valence-corrected chi connectivity index (χ4v) is 4.36. The molecule has 6 nitrogen and oxygen atoms in total. The van der Waals surface area contributed by atoms with Gasteiger partial charge in [0.25, 0.3) is 11.8 Å². The van der Waals surface area contributed by atoms with Crippen LogP contribution in [0.15, 0.2) is 24.3 Å². The van der Waals surface area contributed by atoms with Crippen LogP contribution < -0.4 is 10.6 Å². The van der Waals surface area contributed by atoms with E-state index in [-0.39, 0.29) is 17.9 Å². The number of carbonyl (C=O) groups is 2. The first kappa shape index (κ1) is 19.7. The zero-order valence-electron chi connectivity index (χ0n) is 17.3. The van der Waals surface area contributed by atoms with E-state index in [1.54, 1.807) is 0 Å². The van der Waals surface area contributed by atoms with Crippen LogP contribution in [0.2, 0.25) is 0 Å². The van der Waals surface area contributed by atoms with Gasteiger partial charge in [0, 0.05) is 18.3 Å². The van der Waals surface area contributed by atoms with E-state index in [1.165, 1.54) is 5.56 Å². The molecule has 2 heterocycles. The van der Waals surface area contributed by atoms with Crippen molar-refractivity contribution in [2.75, 3.05) is 5.32 Å². The smallest absolute Gasteiger partial charge is 0.291 e. The number of carbonyl (C=O) groups excluding carboxylic acids is 2. The van der Waals surface area contributed by atoms with E-state index in [0.717, 1.165) is 62.9 Å². The van der Waals surface area contributed by atoms with Crippen molar-refractivity contribution in [3.63, 3.8) is 0 Å². The number of benzene rings is 1. The lowest BCUT2D eigenvalue weighted by atomic mass is 10.0. The molecule has 2 N–H and O–H groups in total. The molecule has 2 amide bonds. The highest BCUT2D eigenvalue weighted by atomic mass is 16.2. The van der Waals surface area contributed by atoms with Crippen molar-refractivity contribution in [2.24, 2.45) is 0 Å². The summed E-state index contributed by atoms with van der Waals surface area (Å²) >= 11 is 0. The van der Waals surface area contributed by atoms with Gasteiger partial charge in [-0.3, -0.25) is 9.59 Å². The van der Waals surface area contributed by atoms with Crippen molar-refractivity contribution in [3.05, 3.63) is 47.0 Å². The number of nitrogens with one attached hydrogen (secondary N) is 2. The fraction of sp³-hybridized carbons (Fsp3) is 0.522. The second kappa shape index (κ2) is 8.39. The number of anilines is 1. The Hall–Kier alpha value is -2.63. The van der Waals surface area contributed by atoms with E-state index in [1.807, 2.05) is 28.8 Å². The zero-order valence-corrected chi connectivity index (χ0v) is 17.3. The lowest BCUT2D eigenvalue weighted by Crippen LogP contribution is -2.33. The van der Waals surface area contributed by atoms with Crippen LogP contribution in [-0.4, -0.2) is 27.4 Å². The molecule has 1 aromatic heterocycles. The molecule has 1 aromatic carbocycles. The summed E-state index contributed by atoms with van der Waals surface area (Å²) < 4.78 is 1.94. The van der Waals surface area contributed by atoms with Gasteiger partial charge in [-0.05, 0) is 55.7 Å². The Bertz CT molecular complexity index is 892. The summed E-state index contributed by atoms with van der Waals surface area (Å²) in [6, 6.07) is 8.13. The third kappa shape index (κ3) is 4.21. The molecular weight excluding hydrogens is 364 g/mol. The summed E-state index contributed by atoms with van der Waals surface area (Å²) in [5, 5.41) is 6.06. The number of hydrogen-bond acceptors (Lipinski definition) is 3. The molecule has 6 heteroatoms. The molecule has 1 saturated carbocycles. The van der Waals surface area contributed by atoms with Crippen LogP contribution in [0.4, 0.5) is 5.69 Å². The Labute approximate surface area is 172 Å². The predicted octanol–water partition coefficient (Wildman–Crippen LogP) is 4.27. The fourth-order valence-electron chi connectivity index (χ4n) is 4.36. The standard InChI is InChI=1S/C23H30N4O2/c1-15(2)16-10-12-18(13-11-16)25-23(29)21-26-20(19-9-5-6-14-27(19)21)22(28)24-17-7-3-4-8-17/h10-13,15,17H,3-9,14H2,1-2H3,(H,24,28)(H,25,29). The predicted molar refractivity (Wildman–Crippen MR) is 113 cm³/mol. The highest BCUT2D eigenvalue weighted by molar-refractivity contribution is 6.03. The molecule has 0 atom stereocenters. The molecule has 2 aliphatic rings. The number of nitrogens with zero attached hydrogens (tertiary/aromatic N) is 2. The normalized spacial score (nSPS) is 16.7. The van der Waals surface area contributed by atoms with E-state index >= 15 is 0 Å². The summed E-state index contributed by atoms with van der Waals surface area (Å²) in [6.07, 6.45) is 7.19. The molecule has 0 bridgehead atoms. The summed E-state index contributed by atoms with van der Waals surface area (Å²) in [4.78, 5) is 30.3. The van der Waals surface area contributed by atoms with E-state index in [2.05, 4.69) is 29.5 Å².